The molecule has 0 atom stereocenters. The third-order valence-corrected chi connectivity index (χ3v) is 5.27. The third-order valence-electron chi connectivity index (χ3n) is 5.27. The van der Waals surface area contributed by atoms with Crippen LogP contribution in [0.1, 0.15) is 159 Å². The molecular weight excluding hydrogens is 565 g/mol. The van der Waals surface area contributed by atoms with E-state index in [1.165, 1.54) is 43.2 Å². The molecule has 0 unspecified atom stereocenters. The minimum absolute atomic E-state index is 1.12. The van der Waals surface area contributed by atoms with Gasteiger partial charge in [-0.1, -0.05) is 239 Å². The van der Waals surface area contributed by atoms with E-state index in [4.69, 9.17) is 0 Å². The minimum atomic E-state index is 1.12. The third kappa shape index (κ3) is 39.0. The lowest BCUT2D eigenvalue weighted by atomic mass is 9.92. The van der Waals surface area contributed by atoms with Gasteiger partial charge in [-0.2, -0.15) is 0 Å². The van der Waals surface area contributed by atoms with Crippen molar-refractivity contribution in [3.63, 3.8) is 0 Å². The number of aryl methyl sites for hydroxylation is 2. The summed E-state index contributed by atoms with van der Waals surface area (Å²) < 4.78 is 0. The maximum atomic E-state index is 2.26. The van der Waals surface area contributed by atoms with E-state index in [-0.39, 0.29) is 0 Å². The molecule has 0 radical (unpaired) electrons. The fourth-order valence-corrected chi connectivity index (χ4v) is 3.65. The Bertz CT molecular complexity index is 898. The molecule has 0 bridgehead atoms. The van der Waals surface area contributed by atoms with Gasteiger partial charge in [-0.05, 0) is 60.8 Å². The summed E-state index contributed by atoms with van der Waals surface area (Å²) in [6.07, 6.45) is 21.6. The van der Waals surface area contributed by atoms with E-state index in [2.05, 4.69) is 98.8 Å². The first-order chi connectivity index (χ1) is 23.3. The molecule has 3 aromatic carbocycles. The quantitative estimate of drug-likeness (QED) is 0.228. The van der Waals surface area contributed by atoms with Crippen molar-refractivity contribution in [2.45, 2.75) is 156 Å². The highest BCUT2D eigenvalue weighted by molar-refractivity contribution is 5.59. The van der Waals surface area contributed by atoms with Gasteiger partial charge in [0.15, 0.2) is 0 Å². The van der Waals surface area contributed by atoms with Crippen molar-refractivity contribution in [2.75, 3.05) is 0 Å². The van der Waals surface area contributed by atoms with Crippen LogP contribution >= 0.6 is 0 Å². The second-order valence-electron chi connectivity index (χ2n) is 8.23. The van der Waals surface area contributed by atoms with E-state index in [1.807, 2.05) is 133 Å². The molecule has 0 amide bonds. The zero-order valence-electron chi connectivity index (χ0n) is 34.5. The summed E-state index contributed by atoms with van der Waals surface area (Å²) in [6.45, 7) is 32.2. The predicted molar refractivity (Wildman–Crippen MR) is 227 cm³/mol. The predicted octanol–water partition coefficient (Wildman–Crippen LogP) is 16.6. The van der Waals surface area contributed by atoms with Gasteiger partial charge in [0.2, 0.25) is 0 Å². The molecule has 0 spiro atoms. The Morgan fingerprint density at radius 1 is 0.404 bits per heavy atom. The smallest absolute Gasteiger partial charge is 0.00882 e. The molecule has 0 fully saturated rings. The Labute approximate surface area is 298 Å². The maximum absolute atomic E-state index is 2.26. The van der Waals surface area contributed by atoms with E-state index in [9.17, 15) is 0 Å². The first-order valence-electron chi connectivity index (χ1n) is 19.5. The van der Waals surface area contributed by atoms with Crippen LogP contribution in [0.2, 0.25) is 0 Å². The SMILES string of the molecule is C1=CCC=C1.C1=Cc2ccccc2C1.CC.CC.CC.CC.CC.CC.CC.CCC.c1ccc2c(c1)CCCC2.c1ccccc1. The summed E-state index contributed by atoms with van der Waals surface area (Å²) in [5.41, 5.74) is 6.00. The van der Waals surface area contributed by atoms with Crippen molar-refractivity contribution in [3.8, 4) is 0 Å². The van der Waals surface area contributed by atoms with Crippen LogP contribution in [0, 0.1) is 0 Å². The maximum Gasteiger partial charge on any atom is -0.00882 e. The standard InChI is InChI=1S/C10H12.C9H8.C6H6.C5H6.C3H8.7C2H6/c1-2-6-10-8-4-3-7-9(10)5-1;1-2-5-9-7-3-6-8(9)4-1;1-2-4-6-5-3-1;1-2-4-5-3-1;1-3-2;7*1-2/h1-2,5-6H,3-4,7-8H2;1-6H,7H2;1-6H;1-4H,5H2;3H2,1-2H3;7*1-2H3. The molecular formula is C47H82. The Morgan fingerprint density at radius 3 is 1.02 bits per heavy atom. The molecule has 0 nitrogen and oxygen atoms in total. The molecule has 0 heterocycles. The number of fused-ring (bicyclic) bond motifs is 2. The molecule has 47 heavy (non-hydrogen) atoms. The Hall–Kier alpha value is -3.12. The molecule has 0 aromatic heterocycles. The number of hydrogen-bond acceptors (Lipinski definition) is 0. The highest BCUT2D eigenvalue weighted by Crippen LogP contribution is 2.20. The van der Waals surface area contributed by atoms with E-state index in [0.29, 0.717) is 0 Å². The lowest BCUT2D eigenvalue weighted by Gasteiger charge is -2.13. The molecule has 3 aliphatic carbocycles. The average Bonchev–Trinajstić information content (AvgIpc) is 3.96. The largest absolute Gasteiger partial charge is 0.0808 e. The highest BCUT2D eigenvalue weighted by Gasteiger charge is 2.06. The number of allylic oxidation sites excluding steroid dienone is 5. The Kier molecular flexibility index (Phi) is 69.9. The molecule has 6 rings (SSSR count). The fraction of sp³-hybridized carbons (Fsp3) is 0.489. The molecule has 3 aromatic rings. The summed E-state index contributed by atoms with van der Waals surface area (Å²) in [5.74, 6) is 0. The van der Waals surface area contributed by atoms with Crippen molar-refractivity contribution in [3.05, 3.63) is 138 Å². The van der Waals surface area contributed by atoms with Crippen molar-refractivity contribution in [1.29, 1.82) is 0 Å². The summed E-state index contributed by atoms with van der Waals surface area (Å²) in [5, 5.41) is 0. The van der Waals surface area contributed by atoms with Crippen molar-refractivity contribution >= 4 is 6.08 Å². The molecule has 0 saturated carbocycles. The normalized spacial score (nSPS) is 10.3. The summed E-state index contributed by atoms with van der Waals surface area (Å²) in [4.78, 5) is 0. The zero-order valence-corrected chi connectivity index (χ0v) is 34.5. The van der Waals surface area contributed by atoms with Gasteiger partial charge in [0.25, 0.3) is 0 Å². The van der Waals surface area contributed by atoms with E-state index < -0.39 is 0 Å². The first kappa shape index (κ1) is 56.2. The van der Waals surface area contributed by atoms with Gasteiger partial charge in [0.05, 0.1) is 0 Å². The number of hydrogen-bond donors (Lipinski definition) is 0. The summed E-state index contributed by atoms with van der Waals surface area (Å²) in [6, 6.07) is 29.3. The highest BCUT2D eigenvalue weighted by atomic mass is 14.1. The van der Waals surface area contributed by atoms with Crippen LogP contribution < -0.4 is 0 Å². The zero-order chi connectivity index (χ0) is 37.4. The molecule has 0 heteroatoms. The van der Waals surface area contributed by atoms with Crippen LogP contribution in [0.4, 0.5) is 0 Å². The van der Waals surface area contributed by atoms with Gasteiger partial charge < -0.3 is 0 Å². The molecule has 0 N–H and O–H groups in total. The minimum Gasteiger partial charge on any atom is -0.0808 e. The van der Waals surface area contributed by atoms with Crippen LogP contribution in [0.3, 0.4) is 0 Å². The summed E-state index contributed by atoms with van der Waals surface area (Å²) in [7, 11) is 0. The topological polar surface area (TPSA) is 0 Å². The lowest BCUT2D eigenvalue weighted by molar-refractivity contribution is 0.685. The van der Waals surface area contributed by atoms with E-state index in [0.717, 1.165) is 12.8 Å². The van der Waals surface area contributed by atoms with Crippen molar-refractivity contribution in [1.82, 2.24) is 0 Å². The second-order valence-corrected chi connectivity index (χ2v) is 8.23. The van der Waals surface area contributed by atoms with Gasteiger partial charge in [-0.3, -0.25) is 0 Å². The van der Waals surface area contributed by atoms with E-state index >= 15 is 0 Å². The summed E-state index contributed by atoms with van der Waals surface area (Å²) >= 11 is 0. The van der Waals surface area contributed by atoms with Crippen LogP contribution in [-0.4, -0.2) is 0 Å². The van der Waals surface area contributed by atoms with Gasteiger partial charge in [0.1, 0.15) is 0 Å². The first-order valence-corrected chi connectivity index (χ1v) is 19.5. The van der Waals surface area contributed by atoms with Crippen molar-refractivity contribution in [2.24, 2.45) is 0 Å². The monoisotopic (exact) mass is 647 g/mol. The van der Waals surface area contributed by atoms with Crippen molar-refractivity contribution < 1.29 is 0 Å². The van der Waals surface area contributed by atoms with Gasteiger partial charge in [-0.25, -0.2) is 0 Å². The number of rotatable bonds is 0. The second kappa shape index (κ2) is 58.4. The average molecular weight is 647 g/mol. The van der Waals surface area contributed by atoms with Crippen LogP contribution in [-0.2, 0) is 19.3 Å². The van der Waals surface area contributed by atoms with E-state index in [1.54, 1.807) is 11.1 Å². The van der Waals surface area contributed by atoms with Gasteiger partial charge in [0, 0.05) is 0 Å². The number of benzene rings is 3. The van der Waals surface area contributed by atoms with Crippen LogP contribution in [0.25, 0.3) is 6.08 Å². The molecule has 0 saturated heterocycles. The Balaban J connectivity index is -0.000000105. The molecule has 3 aliphatic rings. The van der Waals surface area contributed by atoms with Gasteiger partial charge >= 0.3 is 0 Å². The van der Waals surface area contributed by atoms with Crippen LogP contribution in [0.5, 0.6) is 0 Å². The molecule has 270 valence electrons. The van der Waals surface area contributed by atoms with Crippen LogP contribution in [0.15, 0.2) is 115 Å². The lowest BCUT2D eigenvalue weighted by Crippen LogP contribution is -2.00. The molecule has 0 aliphatic heterocycles. The van der Waals surface area contributed by atoms with Gasteiger partial charge in [-0.15, -0.1) is 0 Å². The Morgan fingerprint density at radius 2 is 0.723 bits per heavy atom. The fourth-order valence-electron chi connectivity index (χ4n) is 3.65.